The maximum absolute atomic E-state index is 11.6. The average molecular weight is 282 g/mol. The van der Waals surface area contributed by atoms with Gasteiger partial charge in [0.2, 0.25) is 0 Å². The first kappa shape index (κ1) is 13.4. The molecule has 0 radical (unpaired) electrons. The predicted molar refractivity (Wildman–Crippen MR) is 77.1 cm³/mol. The minimum atomic E-state index is -1.82. The van der Waals surface area contributed by atoms with Crippen molar-refractivity contribution in [2.24, 2.45) is 0 Å². The molecule has 0 unspecified atom stereocenters. The first-order chi connectivity index (χ1) is 10.1. The first-order valence-electron chi connectivity index (χ1n) is 6.71. The third-order valence-electron chi connectivity index (χ3n) is 4.18. The second kappa shape index (κ2) is 4.74. The van der Waals surface area contributed by atoms with Gasteiger partial charge in [-0.1, -0.05) is 42.5 Å². The molecule has 0 heterocycles. The van der Waals surface area contributed by atoms with Crippen LogP contribution in [0.2, 0.25) is 0 Å². The maximum Gasteiger partial charge on any atom is 0.325 e. The van der Waals surface area contributed by atoms with Crippen molar-refractivity contribution in [3.8, 4) is 11.1 Å². The Hall–Kier alpha value is -2.62. The van der Waals surface area contributed by atoms with Crippen molar-refractivity contribution in [1.29, 1.82) is 0 Å². The number of fused-ring (bicyclic) bond motifs is 1. The summed E-state index contributed by atoms with van der Waals surface area (Å²) in [6.45, 7) is 0. The molecule has 0 aliphatic heterocycles. The van der Waals surface area contributed by atoms with Crippen LogP contribution in [0.1, 0.15) is 17.5 Å². The van der Waals surface area contributed by atoms with Gasteiger partial charge in [-0.2, -0.15) is 0 Å². The highest BCUT2D eigenvalue weighted by molar-refractivity contribution is 6.06. The van der Waals surface area contributed by atoms with E-state index in [0.29, 0.717) is 12.0 Å². The number of carboxylic acid groups (broad SMARTS) is 2. The van der Waals surface area contributed by atoms with Gasteiger partial charge in [0, 0.05) is 0 Å². The molecule has 1 aliphatic rings. The highest BCUT2D eigenvalue weighted by Crippen LogP contribution is 2.41. The molecule has 2 N–H and O–H groups in total. The Morgan fingerprint density at radius 1 is 0.905 bits per heavy atom. The zero-order valence-corrected chi connectivity index (χ0v) is 11.2. The molecule has 0 amide bonds. The summed E-state index contributed by atoms with van der Waals surface area (Å²) in [7, 11) is 0. The number of rotatable bonds is 3. The van der Waals surface area contributed by atoms with E-state index in [9.17, 15) is 19.8 Å². The van der Waals surface area contributed by atoms with Gasteiger partial charge in [0.15, 0.2) is 5.41 Å². The molecule has 0 aromatic heterocycles. The summed E-state index contributed by atoms with van der Waals surface area (Å²) < 4.78 is 0. The zero-order chi connectivity index (χ0) is 15.0. The van der Waals surface area contributed by atoms with E-state index in [1.54, 1.807) is 6.07 Å². The molecule has 0 atom stereocenters. The van der Waals surface area contributed by atoms with Gasteiger partial charge in [0.25, 0.3) is 0 Å². The van der Waals surface area contributed by atoms with Crippen LogP contribution in [-0.2, 0) is 21.4 Å². The average Bonchev–Trinajstić information content (AvgIpc) is 2.88. The van der Waals surface area contributed by atoms with Crippen LogP contribution in [-0.4, -0.2) is 22.2 Å². The Bertz CT molecular complexity index is 705. The van der Waals surface area contributed by atoms with Crippen molar-refractivity contribution in [3.05, 3.63) is 59.7 Å². The van der Waals surface area contributed by atoms with Gasteiger partial charge in [-0.05, 0) is 41.2 Å². The molecule has 0 bridgehead atoms. The fourth-order valence-corrected chi connectivity index (χ4v) is 2.99. The van der Waals surface area contributed by atoms with Gasteiger partial charge in [-0.25, -0.2) is 0 Å². The van der Waals surface area contributed by atoms with Crippen molar-refractivity contribution in [2.75, 3.05) is 0 Å². The fraction of sp³-hybridized carbons (Fsp3) is 0.176. The topological polar surface area (TPSA) is 74.6 Å². The summed E-state index contributed by atoms with van der Waals surface area (Å²) in [6.07, 6.45) is 0.578. The predicted octanol–water partition coefficient (Wildman–Crippen LogP) is 2.71. The fourth-order valence-electron chi connectivity index (χ4n) is 2.99. The second-order valence-corrected chi connectivity index (χ2v) is 5.25. The molecule has 21 heavy (non-hydrogen) atoms. The lowest BCUT2D eigenvalue weighted by Crippen LogP contribution is -2.41. The van der Waals surface area contributed by atoms with Crippen molar-refractivity contribution < 1.29 is 19.8 Å². The van der Waals surface area contributed by atoms with Crippen LogP contribution in [0.15, 0.2) is 48.5 Å². The number of hydrogen-bond acceptors (Lipinski definition) is 2. The van der Waals surface area contributed by atoms with E-state index in [-0.39, 0.29) is 6.42 Å². The molecule has 0 saturated carbocycles. The SMILES string of the molecule is O=C(O)C1(C(=O)O)CCc2ccc(-c3ccccc3)cc21. The van der Waals surface area contributed by atoms with Crippen LogP contribution in [0.3, 0.4) is 0 Å². The van der Waals surface area contributed by atoms with Crippen LogP contribution in [0, 0.1) is 0 Å². The molecule has 0 saturated heterocycles. The third kappa shape index (κ3) is 1.91. The smallest absolute Gasteiger partial charge is 0.325 e. The van der Waals surface area contributed by atoms with E-state index in [0.717, 1.165) is 16.7 Å². The van der Waals surface area contributed by atoms with E-state index in [2.05, 4.69) is 0 Å². The van der Waals surface area contributed by atoms with Crippen molar-refractivity contribution in [3.63, 3.8) is 0 Å². The molecule has 0 spiro atoms. The Labute approximate surface area is 121 Å². The summed E-state index contributed by atoms with van der Waals surface area (Å²) in [5, 5.41) is 18.9. The molecule has 1 aliphatic carbocycles. The molecule has 3 rings (SSSR count). The van der Waals surface area contributed by atoms with E-state index in [4.69, 9.17) is 0 Å². The van der Waals surface area contributed by atoms with Gasteiger partial charge >= 0.3 is 11.9 Å². The zero-order valence-electron chi connectivity index (χ0n) is 11.2. The Morgan fingerprint density at radius 2 is 1.57 bits per heavy atom. The first-order valence-corrected chi connectivity index (χ1v) is 6.71. The van der Waals surface area contributed by atoms with E-state index >= 15 is 0 Å². The van der Waals surface area contributed by atoms with Crippen LogP contribution in [0.25, 0.3) is 11.1 Å². The number of carbonyl (C=O) groups is 2. The molecule has 106 valence electrons. The molecule has 4 heteroatoms. The van der Waals surface area contributed by atoms with E-state index in [1.807, 2.05) is 42.5 Å². The number of benzene rings is 2. The highest BCUT2D eigenvalue weighted by atomic mass is 16.4. The van der Waals surface area contributed by atoms with E-state index in [1.165, 1.54) is 0 Å². The van der Waals surface area contributed by atoms with Crippen molar-refractivity contribution >= 4 is 11.9 Å². The van der Waals surface area contributed by atoms with Gasteiger partial charge in [-0.3, -0.25) is 9.59 Å². The summed E-state index contributed by atoms with van der Waals surface area (Å²) in [5.41, 5.74) is 1.17. The monoisotopic (exact) mass is 282 g/mol. The molecular weight excluding hydrogens is 268 g/mol. The molecule has 2 aromatic carbocycles. The molecule has 4 nitrogen and oxygen atoms in total. The van der Waals surface area contributed by atoms with Crippen LogP contribution < -0.4 is 0 Å². The number of aliphatic carboxylic acids is 2. The lowest BCUT2D eigenvalue weighted by molar-refractivity contribution is -0.157. The minimum Gasteiger partial charge on any atom is -0.480 e. The summed E-state index contributed by atoms with van der Waals surface area (Å²) in [5.74, 6) is -2.59. The van der Waals surface area contributed by atoms with Gasteiger partial charge < -0.3 is 10.2 Å². The lowest BCUT2D eigenvalue weighted by atomic mass is 9.81. The minimum absolute atomic E-state index is 0.102. The summed E-state index contributed by atoms with van der Waals surface area (Å²) in [4.78, 5) is 23.2. The Balaban J connectivity index is 2.18. The van der Waals surface area contributed by atoms with Crippen molar-refractivity contribution in [1.82, 2.24) is 0 Å². The number of hydrogen-bond donors (Lipinski definition) is 2. The summed E-state index contributed by atoms with van der Waals surface area (Å²) in [6, 6.07) is 15.0. The third-order valence-corrected chi connectivity index (χ3v) is 4.18. The quantitative estimate of drug-likeness (QED) is 0.849. The normalized spacial score (nSPS) is 15.4. The Kier molecular flexibility index (Phi) is 3.01. The van der Waals surface area contributed by atoms with E-state index < -0.39 is 17.4 Å². The van der Waals surface area contributed by atoms with Gasteiger partial charge in [0.1, 0.15) is 0 Å². The standard InChI is InChI=1S/C17H14O4/c18-15(19)17(16(20)21)9-8-12-6-7-13(10-14(12)17)11-4-2-1-3-5-11/h1-7,10H,8-9H2,(H,18,19)(H,20,21). The number of carboxylic acids is 2. The van der Waals surface area contributed by atoms with Crippen LogP contribution >= 0.6 is 0 Å². The van der Waals surface area contributed by atoms with Crippen LogP contribution in [0.4, 0.5) is 0 Å². The molecular formula is C17H14O4. The number of aryl methyl sites for hydroxylation is 1. The second-order valence-electron chi connectivity index (χ2n) is 5.25. The molecule has 2 aromatic rings. The van der Waals surface area contributed by atoms with Gasteiger partial charge in [0.05, 0.1) is 0 Å². The highest BCUT2D eigenvalue weighted by Gasteiger charge is 2.52. The molecule has 0 fully saturated rings. The summed E-state index contributed by atoms with van der Waals surface area (Å²) >= 11 is 0. The maximum atomic E-state index is 11.6. The Morgan fingerprint density at radius 3 is 2.19 bits per heavy atom. The lowest BCUT2D eigenvalue weighted by Gasteiger charge is -2.20. The van der Waals surface area contributed by atoms with Crippen LogP contribution in [0.5, 0.6) is 0 Å². The van der Waals surface area contributed by atoms with Crippen molar-refractivity contribution in [2.45, 2.75) is 18.3 Å². The van der Waals surface area contributed by atoms with Gasteiger partial charge in [-0.15, -0.1) is 0 Å². The largest absolute Gasteiger partial charge is 0.480 e.